The summed E-state index contributed by atoms with van der Waals surface area (Å²) in [5.74, 6) is 0.886. The van der Waals surface area contributed by atoms with Crippen LogP contribution in [0.15, 0.2) is 29.3 Å². The molecule has 3 rings (SSSR count). The summed E-state index contributed by atoms with van der Waals surface area (Å²) in [6.07, 6.45) is 2.20. The van der Waals surface area contributed by atoms with Crippen LogP contribution in [0.25, 0.3) is 0 Å². The fourth-order valence-corrected chi connectivity index (χ4v) is 5.09. The fraction of sp³-hybridized carbons (Fsp3) is 0.667. The van der Waals surface area contributed by atoms with Crippen molar-refractivity contribution in [1.82, 2.24) is 10.2 Å². The van der Waals surface area contributed by atoms with Crippen LogP contribution in [-0.4, -0.2) is 69.2 Å². The Labute approximate surface area is 197 Å². The number of rotatable bonds is 5. The van der Waals surface area contributed by atoms with E-state index in [0.717, 1.165) is 43.1 Å². The van der Waals surface area contributed by atoms with E-state index in [-0.39, 0.29) is 35.8 Å². The lowest BCUT2D eigenvalue weighted by Crippen LogP contribution is -2.57. The number of sulfone groups is 1. The molecule has 2 aliphatic rings. The van der Waals surface area contributed by atoms with Gasteiger partial charge in [0.15, 0.2) is 15.8 Å². The predicted octanol–water partition coefficient (Wildman–Crippen LogP) is 2.58. The molecule has 9 heteroatoms. The normalized spacial score (nSPS) is 21.7. The van der Waals surface area contributed by atoms with Gasteiger partial charge in [-0.2, -0.15) is 0 Å². The van der Waals surface area contributed by atoms with Crippen molar-refractivity contribution >= 4 is 39.8 Å². The lowest BCUT2D eigenvalue weighted by atomic mass is 10.1. The van der Waals surface area contributed by atoms with E-state index >= 15 is 0 Å². The smallest absolute Gasteiger partial charge is 0.193 e. The van der Waals surface area contributed by atoms with Crippen molar-refractivity contribution in [1.29, 1.82) is 0 Å². The molecule has 0 spiro atoms. The molecule has 2 fully saturated rings. The van der Waals surface area contributed by atoms with Crippen LogP contribution in [-0.2, 0) is 32.5 Å². The number of guanidine groups is 1. The molecule has 7 nitrogen and oxygen atoms in total. The van der Waals surface area contributed by atoms with E-state index in [9.17, 15) is 8.42 Å². The monoisotopic (exact) mass is 551 g/mol. The van der Waals surface area contributed by atoms with Gasteiger partial charge in [-0.3, -0.25) is 4.99 Å². The molecule has 170 valence electrons. The zero-order valence-corrected chi connectivity index (χ0v) is 21.2. The second-order valence-electron chi connectivity index (χ2n) is 8.34. The highest BCUT2D eigenvalue weighted by atomic mass is 127. The third-order valence-electron chi connectivity index (χ3n) is 5.65. The van der Waals surface area contributed by atoms with Crippen LogP contribution >= 0.6 is 24.0 Å². The van der Waals surface area contributed by atoms with Crippen LogP contribution in [0.5, 0.6) is 0 Å². The summed E-state index contributed by atoms with van der Waals surface area (Å²) in [4.78, 5) is 6.39. The average molecular weight is 551 g/mol. The average Bonchev–Trinajstić information content (AvgIpc) is 2.70. The van der Waals surface area contributed by atoms with Crippen molar-refractivity contribution in [2.45, 2.75) is 50.7 Å². The number of hydrogen-bond acceptors (Lipinski definition) is 5. The Hall–Kier alpha value is -0.910. The molecule has 1 aromatic rings. The predicted molar refractivity (Wildman–Crippen MR) is 130 cm³/mol. The van der Waals surface area contributed by atoms with Gasteiger partial charge < -0.3 is 19.7 Å². The lowest BCUT2D eigenvalue weighted by Gasteiger charge is -2.39. The molecule has 1 N–H and O–H groups in total. The summed E-state index contributed by atoms with van der Waals surface area (Å²) in [5.41, 5.74) is 2.29. The lowest BCUT2D eigenvalue weighted by molar-refractivity contribution is -0.0390. The first-order valence-electron chi connectivity index (χ1n) is 10.3. The summed E-state index contributed by atoms with van der Waals surface area (Å²) in [6, 6.07) is 8.34. The minimum Gasteiger partial charge on any atom is -0.381 e. The summed E-state index contributed by atoms with van der Waals surface area (Å²) >= 11 is 0. The van der Waals surface area contributed by atoms with Crippen LogP contribution < -0.4 is 5.32 Å². The van der Waals surface area contributed by atoms with Gasteiger partial charge in [0.2, 0.25) is 0 Å². The first kappa shape index (κ1) is 25.4. The van der Waals surface area contributed by atoms with Gasteiger partial charge in [-0.15, -0.1) is 24.0 Å². The second-order valence-corrected chi connectivity index (χ2v) is 11.1. The van der Waals surface area contributed by atoms with Crippen molar-refractivity contribution in [3.05, 3.63) is 35.4 Å². The molecule has 2 heterocycles. The van der Waals surface area contributed by atoms with Crippen LogP contribution in [0.3, 0.4) is 0 Å². The third kappa shape index (κ3) is 6.54. The molecule has 0 aromatic heterocycles. The first-order chi connectivity index (χ1) is 13.8. The topological polar surface area (TPSA) is 80.2 Å². The standard InChI is InChI=1S/C21H33N3O4S.HI/c1-21(2)16-24(9-12-29(21,25)26)20(22-3)23-14-17-5-4-6-18(13-17)15-28-19-7-10-27-11-8-19;/h4-6,13,19H,7-12,14-16H2,1-3H3,(H,22,23);1H. The molecular weight excluding hydrogens is 517 g/mol. The van der Waals surface area contributed by atoms with E-state index in [1.807, 2.05) is 11.0 Å². The van der Waals surface area contributed by atoms with Gasteiger partial charge >= 0.3 is 0 Å². The number of halogens is 1. The third-order valence-corrected chi connectivity index (χ3v) is 8.18. The highest BCUT2D eigenvalue weighted by Gasteiger charge is 2.40. The molecule has 30 heavy (non-hydrogen) atoms. The molecule has 0 bridgehead atoms. The molecule has 0 saturated carbocycles. The Balaban J connectivity index is 0.00000320. The van der Waals surface area contributed by atoms with Gasteiger partial charge in [0, 0.05) is 39.9 Å². The van der Waals surface area contributed by atoms with Crippen LogP contribution in [0.4, 0.5) is 0 Å². The van der Waals surface area contributed by atoms with E-state index in [4.69, 9.17) is 9.47 Å². The van der Waals surface area contributed by atoms with E-state index in [1.54, 1.807) is 20.9 Å². The van der Waals surface area contributed by atoms with Crippen LogP contribution in [0.1, 0.15) is 37.8 Å². The molecule has 0 atom stereocenters. The zero-order chi connectivity index (χ0) is 20.9. The maximum atomic E-state index is 12.2. The summed E-state index contributed by atoms with van der Waals surface area (Å²) in [7, 11) is -1.34. The minimum atomic E-state index is -3.07. The van der Waals surface area contributed by atoms with Crippen molar-refractivity contribution in [2.24, 2.45) is 4.99 Å². The Bertz CT molecular complexity index is 823. The largest absolute Gasteiger partial charge is 0.381 e. The number of nitrogens with one attached hydrogen (secondary N) is 1. The first-order valence-corrected chi connectivity index (χ1v) is 11.9. The van der Waals surface area contributed by atoms with E-state index in [0.29, 0.717) is 26.2 Å². The number of nitrogens with zero attached hydrogens (tertiary/aromatic N) is 2. The van der Waals surface area contributed by atoms with Gasteiger partial charge in [0.25, 0.3) is 0 Å². The molecule has 1 aromatic carbocycles. The quantitative estimate of drug-likeness (QED) is 0.345. The summed E-state index contributed by atoms with van der Waals surface area (Å²) in [6.45, 7) is 7.25. The maximum absolute atomic E-state index is 12.2. The number of aliphatic imine (C=N–C) groups is 1. The molecule has 0 unspecified atom stereocenters. The van der Waals surface area contributed by atoms with E-state index < -0.39 is 14.6 Å². The molecular formula is C21H34IN3O4S. The Kier molecular flexibility index (Phi) is 9.38. The van der Waals surface area contributed by atoms with Crippen molar-refractivity contribution in [3.8, 4) is 0 Å². The van der Waals surface area contributed by atoms with Crippen LogP contribution in [0, 0.1) is 0 Å². The maximum Gasteiger partial charge on any atom is 0.193 e. The summed E-state index contributed by atoms with van der Waals surface area (Å²) in [5, 5.41) is 3.38. The molecule has 0 amide bonds. The number of ether oxygens (including phenoxy) is 2. The van der Waals surface area contributed by atoms with Gasteiger partial charge in [-0.1, -0.05) is 24.3 Å². The number of benzene rings is 1. The fourth-order valence-electron chi connectivity index (χ4n) is 3.72. The van der Waals surface area contributed by atoms with Crippen molar-refractivity contribution < 1.29 is 17.9 Å². The molecule has 2 aliphatic heterocycles. The van der Waals surface area contributed by atoms with Crippen molar-refractivity contribution in [2.75, 3.05) is 39.1 Å². The van der Waals surface area contributed by atoms with Gasteiger partial charge in [0.1, 0.15) is 0 Å². The SMILES string of the molecule is CN=C(NCc1cccc(COC2CCOCC2)c1)N1CCS(=O)(=O)C(C)(C)C1.I. The number of hydrogen-bond donors (Lipinski definition) is 1. The van der Waals surface area contributed by atoms with Gasteiger partial charge in [-0.05, 0) is 37.8 Å². The van der Waals surface area contributed by atoms with E-state index in [1.165, 1.54) is 0 Å². The van der Waals surface area contributed by atoms with Crippen molar-refractivity contribution in [3.63, 3.8) is 0 Å². The molecule has 0 radical (unpaired) electrons. The molecule has 0 aliphatic carbocycles. The Morgan fingerprint density at radius 3 is 2.67 bits per heavy atom. The van der Waals surface area contributed by atoms with E-state index in [2.05, 4.69) is 28.5 Å². The van der Waals surface area contributed by atoms with Crippen LogP contribution in [0.2, 0.25) is 0 Å². The minimum absolute atomic E-state index is 0. The highest BCUT2D eigenvalue weighted by Crippen LogP contribution is 2.23. The molecule has 2 saturated heterocycles. The Morgan fingerprint density at radius 2 is 2.00 bits per heavy atom. The summed E-state index contributed by atoms with van der Waals surface area (Å²) < 4.78 is 35.1. The highest BCUT2D eigenvalue weighted by molar-refractivity contribution is 14.0. The van der Waals surface area contributed by atoms with Gasteiger partial charge in [0.05, 0.1) is 23.2 Å². The second kappa shape index (κ2) is 11.1. The zero-order valence-electron chi connectivity index (χ0n) is 18.1. The van der Waals surface area contributed by atoms with Gasteiger partial charge in [-0.25, -0.2) is 8.42 Å². The Morgan fingerprint density at radius 1 is 1.30 bits per heavy atom.